The van der Waals surface area contributed by atoms with Crippen LogP contribution in [0.25, 0.3) is 16.9 Å². The van der Waals surface area contributed by atoms with E-state index in [1.54, 1.807) is 0 Å². The summed E-state index contributed by atoms with van der Waals surface area (Å²) in [4.78, 5) is 16.7. The topological polar surface area (TPSA) is 64.7 Å². The van der Waals surface area contributed by atoms with E-state index in [-0.39, 0.29) is 5.91 Å². The van der Waals surface area contributed by atoms with Gasteiger partial charge < -0.3 is 9.88 Å². The molecular formula is C22H23N5O. The van der Waals surface area contributed by atoms with E-state index in [9.17, 15) is 4.79 Å². The molecule has 0 aliphatic carbocycles. The van der Waals surface area contributed by atoms with Crippen molar-refractivity contribution in [3.8, 4) is 5.82 Å². The van der Waals surface area contributed by atoms with Crippen LogP contribution in [0.2, 0.25) is 0 Å². The van der Waals surface area contributed by atoms with Crippen molar-refractivity contribution in [3.05, 3.63) is 77.2 Å². The second-order valence-corrected chi connectivity index (χ2v) is 6.91. The number of amides is 1. The molecule has 0 unspecified atom stereocenters. The van der Waals surface area contributed by atoms with Gasteiger partial charge in [0.05, 0.1) is 11.9 Å². The number of carbonyl (C=O) groups is 1. The number of benzene rings is 1. The fourth-order valence-corrected chi connectivity index (χ4v) is 3.46. The Labute approximate surface area is 163 Å². The first-order chi connectivity index (χ1) is 13.6. The summed E-state index contributed by atoms with van der Waals surface area (Å²) in [5, 5.41) is 8.73. The van der Waals surface area contributed by atoms with Crippen LogP contribution < -0.4 is 5.32 Å². The van der Waals surface area contributed by atoms with Gasteiger partial charge in [-0.2, -0.15) is 5.10 Å². The minimum absolute atomic E-state index is 0.0543. The van der Waals surface area contributed by atoms with Crippen molar-refractivity contribution in [2.45, 2.75) is 27.3 Å². The van der Waals surface area contributed by atoms with Crippen LogP contribution in [0.15, 0.2) is 54.9 Å². The molecule has 1 amide bonds. The maximum atomic E-state index is 12.0. The average Bonchev–Trinajstić information content (AvgIpc) is 3.31. The van der Waals surface area contributed by atoms with Gasteiger partial charge in [0.15, 0.2) is 11.5 Å². The van der Waals surface area contributed by atoms with Crippen LogP contribution in [0.3, 0.4) is 0 Å². The lowest BCUT2D eigenvalue weighted by Gasteiger charge is -2.06. The summed E-state index contributed by atoms with van der Waals surface area (Å²) in [5.41, 5.74) is 4.72. The maximum Gasteiger partial charge on any atom is 0.251 e. The molecule has 142 valence electrons. The molecule has 0 bridgehead atoms. The van der Waals surface area contributed by atoms with Crippen LogP contribution in [-0.2, 0) is 6.54 Å². The minimum atomic E-state index is -0.0543. The fourth-order valence-electron chi connectivity index (χ4n) is 3.46. The predicted octanol–water partition coefficient (Wildman–Crippen LogP) is 3.64. The van der Waals surface area contributed by atoms with Crippen LogP contribution in [0.5, 0.6) is 0 Å². The Bertz CT molecular complexity index is 1120. The van der Waals surface area contributed by atoms with Gasteiger partial charge >= 0.3 is 0 Å². The Balaban J connectivity index is 1.74. The largest absolute Gasteiger partial charge is 0.352 e. The Morgan fingerprint density at radius 1 is 1.11 bits per heavy atom. The quantitative estimate of drug-likeness (QED) is 0.581. The van der Waals surface area contributed by atoms with Crippen LogP contribution in [0.1, 0.15) is 34.1 Å². The van der Waals surface area contributed by atoms with E-state index in [2.05, 4.69) is 18.3 Å². The number of nitrogens with one attached hydrogen (secondary N) is 1. The summed E-state index contributed by atoms with van der Waals surface area (Å²) in [7, 11) is 0. The van der Waals surface area contributed by atoms with Gasteiger partial charge in [-0.15, -0.1) is 0 Å². The highest BCUT2D eigenvalue weighted by Crippen LogP contribution is 2.25. The Kier molecular flexibility index (Phi) is 4.69. The van der Waals surface area contributed by atoms with Crippen molar-refractivity contribution in [2.24, 2.45) is 0 Å². The molecule has 0 fully saturated rings. The van der Waals surface area contributed by atoms with E-state index in [1.165, 1.54) is 0 Å². The van der Waals surface area contributed by atoms with Gasteiger partial charge in [0.2, 0.25) is 0 Å². The molecule has 0 saturated carbocycles. The van der Waals surface area contributed by atoms with E-state index >= 15 is 0 Å². The minimum Gasteiger partial charge on any atom is -0.352 e. The van der Waals surface area contributed by atoms with Gasteiger partial charge in [0.1, 0.15) is 0 Å². The van der Waals surface area contributed by atoms with Crippen LogP contribution in [0.4, 0.5) is 0 Å². The zero-order valence-corrected chi connectivity index (χ0v) is 16.3. The first-order valence-corrected chi connectivity index (χ1v) is 9.42. The van der Waals surface area contributed by atoms with Crippen molar-refractivity contribution in [1.29, 1.82) is 0 Å². The Morgan fingerprint density at radius 2 is 1.82 bits per heavy atom. The maximum absolute atomic E-state index is 12.0. The zero-order valence-electron chi connectivity index (χ0n) is 16.3. The highest BCUT2D eigenvalue weighted by Gasteiger charge is 2.16. The molecule has 28 heavy (non-hydrogen) atoms. The normalized spacial score (nSPS) is 11.1. The van der Waals surface area contributed by atoms with Crippen molar-refractivity contribution in [3.63, 3.8) is 0 Å². The number of pyridine rings is 1. The lowest BCUT2D eigenvalue weighted by Crippen LogP contribution is -2.22. The number of fused-ring (bicyclic) bond motifs is 1. The summed E-state index contributed by atoms with van der Waals surface area (Å²) < 4.78 is 3.95. The average molecular weight is 373 g/mol. The Morgan fingerprint density at radius 3 is 2.50 bits per heavy atom. The molecule has 4 aromatic rings. The highest BCUT2D eigenvalue weighted by atomic mass is 16.1. The highest BCUT2D eigenvalue weighted by molar-refractivity contribution is 5.94. The van der Waals surface area contributed by atoms with E-state index < -0.39 is 0 Å². The van der Waals surface area contributed by atoms with Gasteiger partial charge in [-0.05, 0) is 62.2 Å². The monoisotopic (exact) mass is 373 g/mol. The molecule has 0 spiro atoms. The molecule has 0 atom stereocenters. The van der Waals surface area contributed by atoms with Crippen molar-refractivity contribution in [1.82, 2.24) is 24.6 Å². The molecule has 6 nitrogen and oxygen atoms in total. The van der Waals surface area contributed by atoms with Crippen LogP contribution in [0, 0.1) is 13.8 Å². The number of aryl methyl sites for hydroxylation is 2. The van der Waals surface area contributed by atoms with Crippen molar-refractivity contribution in [2.75, 3.05) is 6.54 Å². The van der Waals surface area contributed by atoms with E-state index in [0.717, 1.165) is 33.7 Å². The van der Waals surface area contributed by atoms with Gasteiger partial charge in [0, 0.05) is 30.2 Å². The van der Waals surface area contributed by atoms with Gasteiger partial charge in [0.25, 0.3) is 5.91 Å². The lowest BCUT2D eigenvalue weighted by molar-refractivity contribution is 0.0956. The molecule has 0 radical (unpaired) electrons. The fraction of sp³-hybridized carbons (Fsp3) is 0.227. The zero-order chi connectivity index (χ0) is 19.7. The summed E-state index contributed by atoms with van der Waals surface area (Å²) in [6, 6.07) is 13.7. The number of aromatic nitrogens is 4. The van der Waals surface area contributed by atoms with Gasteiger partial charge in [-0.25, -0.2) is 9.67 Å². The third-order valence-electron chi connectivity index (χ3n) is 4.74. The van der Waals surface area contributed by atoms with Crippen molar-refractivity contribution >= 4 is 16.9 Å². The third kappa shape index (κ3) is 3.29. The second-order valence-electron chi connectivity index (χ2n) is 6.91. The molecule has 0 aliphatic heterocycles. The van der Waals surface area contributed by atoms with E-state index in [1.807, 2.05) is 71.9 Å². The summed E-state index contributed by atoms with van der Waals surface area (Å²) in [5.74, 6) is 0.824. The van der Waals surface area contributed by atoms with Crippen LogP contribution >= 0.6 is 0 Å². The predicted molar refractivity (Wildman–Crippen MR) is 110 cm³/mol. The standard InChI is InChI=1S/C22H23N5O/c1-4-23-22(28)18-9-7-17(8-10-18)14-27-20-19(15(2)13-16(3)24-20)21(25-27)26-11-5-6-12-26/h5-13H,4,14H2,1-3H3,(H,23,28). The molecule has 3 aromatic heterocycles. The van der Waals surface area contributed by atoms with Crippen LogP contribution in [-0.4, -0.2) is 31.8 Å². The molecule has 0 aliphatic rings. The van der Waals surface area contributed by atoms with E-state index in [4.69, 9.17) is 10.1 Å². The SMILES string of the molecule is CCNC(=O)c1ccc(Cn2nc(-n3cccc3)c3c(C)cc(C)nc32)cc1. The number of carbonyl (C=O) groups excluding carboxylic acids is 1. The number of hydrogen-bond acceptors (Lipinski definition) is 3. The summed E-state index contributed by atoms with van der Waals surface area (Å²) in [6.07, 6.45) is 3.99. The molecule has 0 saturated heterocycles. The number of hydrogen-bond donors (Lipinski definition) is 1. The molecule has 1 aromatic carbocycles. The molecule has 4 rings (SSSR count). The number of nitrogens with zero attached hydrogens (tertiary/aromatic N) is 4. The number of rotatable bonds is 5. The Hall–Kier alpha value is -3.41. The molecule has 6 heteroatoms. The second kappa shape index (κ2) is 7.31. The van der Waals surface area contributed by atoms with Gasteiger partial charge in [-0.3, -0.25) is 4.79 Å². The molecule has 1 N–H and O–H groups in total. The lowest BCUT2D eigenvalue weighted by atomic mass is 10.1. The van der Waals surface area contributed by atoms with E-state index in [0.29, 0.717) is 18.7 Å². The molecule has 3 heterocycles. The first kappa shape index (κ1) is 18.0. The summed E-state index contributed by atoms with van der Waals surface area (Å²) in [6.45, 7) is 7.21. The molecular weight excluding hydrogens is 350 g/mol. The van der Waals surface area contributed by atoms with Crippen molar-refractivity contribution < 1.29 is 4.79 Å². The third-order valence-corrected chi connectivity index (χ3v) is 4.74. The smallest absolute Gasteiger partial charge is 0.251 e. The first-order valence-electron chi connectivity index (χ1n) is 9.42. The van der Waals surface area contributed by atoms with Gasteiger partial charge in [-0.1, -0.05) is 12.1 Å². The summed E-state index contributed by atoms with van der Waals surface area (Å²) >= 11 is 0.